The van der Waals surface area contributed by atoms with E-state index < -0.39 is 107 Å². The van der Waals surface area contributed by atoms with Gasteiger partial charge in [0, 0.05) is 45.4 Å². The molecule has 1 fully saturated rings. The molecule has 0 radical (unpaired) electrons. The normalized spacial score (nSPS) is 21.0. The molecule has 0 spiro atoms. The van der Waals surface area contributed by atoms with Crippen molar-refractivity contribution in [2.45, 2.75) is 58.4 Å². The molecule has 45 heavy (non-hydrogen) atoms. The van der Waals surface area contributed by atoms with Gasteiger partial charge >= 0.3 is 23.9 Å². The van der Waals surface area contributed by atoms with Crippen LogP contribution < -0.4 is 10.2 Å². The van der Waals surface area contributed by atoms with Gasteiger partial charge in [-0.15, -0.1) is 0 Å². The molecule has 5 atom stereocenters. The number of ether oxygens (including phenoxy) is 6. The summed E-state index contributed by atoms with van der Waals surface area (Å²) in [4.78, 5) is 61.8. The molecule has 2 aromatic carbocycles. The zero-order chi connectivity index (χ0) is 33.2. The molecule has 16 heteroatoms. The highest BCUT2D eigenvalue weighted by atomic mass is 16.7. The van der Waals surface area contributed by atoms with Gasteiger partial charge in [0.2, 0.25) is 23.6 Å². The van der Waals surface area contributed by atoms with Crippen molar-refractivity contribution in [3.8, 4) is 40.1 Å². The van der Waals surface area contributed by atoms with Gasteiger partial charge in [-0.2, -0.15) is 0 Å². The van der Waals surface area contributed by atoms with Crippen molar-refractivity contribution in [3.63, 3.8) is 0 Å². The van der Waals surface area contributed by atoms with Gasteiger partial charge in [-0.1, -0.05) is 0 Å². The van der Waals surface area contributed by atoms with Gasteiger partial charge in [0.05, 0.1) is 0 Å². The lowest BCUT2D eigenvalue weighted by atomic mass is 9.98. The fourth-order valence-corrected chi connectivity index (χ4v) is 4.63. The van der Waals surface area contributed by atoms with Crippen LogP contribution in [-0.4, -0.2) is 81.6 Å². The average Bonchev–Trinajstić information content (AvgIpc) is 2.92. The van der Waals surface area contributed by atoms with Crippen molar-refractivity contribution in [2.24, 2.45) is 0 Å². The Bertz CT molecular complexity index is 1710. The van der Waals surface area contributed by atoms with Crippen LogP contribution in [0.15, 0.2) is 39.5 Å². The molecule has 16 nitrogen and oxygen atoms in total. The summed E-state index contributed by atoms with van der Waals surface area (Å²) >= 11 is 0. The summed E-state index contributed by atoms with van der Waals surface area (Å²) in [5.41, 5.74) is -1.40. The molecule has 0 unspecified atom stereocenters. The fourth-order valence-electron chi connectivity index (χ4n) is 4.63. The largest absolute Gasteiger partial charge is 0.508 e. The highest BCUT2D eigenvalue weighted by Gasteiger charge is 2.53. The van der Waals surface area contributed by atoms with Crippen LogP contribution in [-0.2, 0) is 42.9 Å². The number of phenols is 4. The Morgan fingerprint density at radius 2 is 1.38 bits per heavy atom. The van der Waals surface area contributed by atoms with Crippen molar-refractivity contribution < 1.29 is 72.4 Å². The Balaban J connectivity index is 1.94. The summed E-state index contributed by atoms with van der Waals surface area (Å²) < 4.78 is 38.8. The first kappa shape index (κ1) is 32.4. The lowest BCUT2D eigenvalue weighted by Crippen LogP contribution is -2.63. The predicted molar refractivity (Wildman–Crippen MR) is 147 cm³/mol. The highest BCUT2D eigenvalue weighted by molar-refractivity contribution is 5.88. The number of phenolic OH excluding ortho intramolecular Hbond substituents is 4. The quantitative estimate of drug-likeness (QED) is 0.157. The summed E-state index contributed by atoms with van der Waals surface area (Å²) in [6.45, 7) is 3.58. The number of hydrogen-bond acceptors (Lipinski definition) is 16. The van der Waals surface area contributed by atoms with Crippen LogP contribution in [0.4, 0.5) is 0 Å². The number of carbonyl (C=O) groups is 4. The van der Waals surface area contributed by atoms with Gasteiger partial charge in [0.25, 0.3) is 0 Å². The van der Waals surface area contributed by atoms with E-state index in [0.717, 1.165) is 52.0 Å². The van der Waals surface area contributed by atoms with Gasteiger partial charge in [-0.3, -0.25) is 24.0 Å². The zero-order valence-corrected chi connectivity index (χ0v) is 24.2. The number of benzene rings is 2. The minimum Gasteiger partial charge on any atom is -0.508 e. The summed E-state index contributed by atoms with van der Waals surface area (Å²) in [6, 6.07) is 5.22. The number of hydrogen-bond donors (Lipinski definition) is 4. The van der Waals surface area contributed by atoms with Crippen molar-refractivity contribution >= 4 is 34.8 Å². The molecule has 4 rings (SSSR count). The van der Waals surface area contributed by atoms with Gasteiger partial charge in [-0.25, -0.2) is 0 Å². The third-order valence-corrected chi connectivity index (χ3v) is 6.34. The number of fused-ring (bicyclic) bond motifs is 1. The van der Waals surface area contributed by atoms with E-state index in [0.29, 0.717) is 0 Å². The van der Waals surface area contributed by atoms with Crippen LogP contribution >= 0.6 is 0 Å². The van der Waals surface area contributed by atoms with E-state index in [2.05, 4.69) is 0 Å². The first-order valence-electron chi connectivity index (χ1n) is 13.2. The molecule has 0 bridgehead atoms. The molecule has 0 aliphatic carbocycles. The monoisotopic (exact) mass is 632 g/mol. The first-order valence-corrected chi connectivity index (χ1v) is 13.2. The van der Waals surface area contributed by atoms with Gasteiger partial charge < -0.3 is 53.3 Å². The molecule has 4 N–H and O–H groups in total. The summed E-state index contributed by atoms with van der Waals surface area (Å²) in [6.07, 6.45) is -8.15. The van der Waals surface area contributed by atoms with Crippen molar-refractivity contribution in [1.82, 2.24) is 0 Å². The maximum absolute atomic E-state index is 13.8. The van der Waals surface area contributed by atoms with Crippen LogP contribution in [0, 0.1) is 0 Å². The molecule has 0 saturated carbocycles. The van der Waals surface area contributed by atoms with Gasteiger partial charge in [-0.05, 0) is 18.2 Å². The Morgan fingerprint density at radius 3 is 1.98 bits per heavy atom. The summed E-state index contributed by atoms with van der Waals surface area (Å²) in [7, 11) is 0. The summed E-state index contributed by atoms with van der Waals surface area (Å²) in [5.74, 6) is -6.87. The molecule has 1 aromatic heterocycles. The topological polar surface area (TPSA) is 235 Å². The highest BCUT2D eigenvalue weighted by Crippen LogP contribution is 2.40. The fraction of sp³-hybridized carbons (Fsp3) is 0.345. The van der Waals surface area contributed by atoms with E-state index in [1.807, 2.05) is 0 Å². The van der Waals surface area contributed by atoms with E-state index in [4.69, 9.17) is 32.8 Å². The maximum Gasteiger partial charge on any atom is 0.303 e. The molecular weight excluding hydrogens is 604 g/mol. The number of rotatable bonds is 8. The van der Waals surface area contributed by atoms with E-state index in [9.17, 15) is 44.4 Å². The van der Waals surface area contributed by atoms with E-state index in [-0.39, 0.29) is 11.1 Å². The van der Waals surface area contributed by atoms with Crippen molar-refractivity contribution in [1.29, 1.82) is 0 Å². The lowest BCUT2D eigenvalue weighted by molar-refractivity contribution is -0.288. The second-order valence-electron chi connectivity index (χ2n) is 9.82. The van der Waals surface area contributed by atoms with Crippen molar-refractivity contribution in [3.05, 3.63) is 40.6 Å². The van der Waals surface area contributed by atoms with Crippen LogP contribution in [0.1, 0.15) is 27.7 Å². The molecule has 1 saturated heterocycles. The number of esters is 4. The molecule has 3 aromatic rings. The molecule has 2 heterocycles. The standard InChI is InChI=1S/C29H28O16/c1-11(30)39-10-21-25(40-12(2)31)27(41-13(3)32)28(42-14(4)33)29(44-21)45-26-23(38)22-19(37)8-16(34)9-20(22)43-24(26)15-5-6-17(35)18(36)7-15/h5-9,21,25,27-29,34-37H,10H2,1-4H3/t21-,25-,27+,28-,29+/m1/s1. The van der Waals surface area contributed by atoms with E-state index in [1.165, 1.54) is 6.07 Å². The van der Waals surface area contributed by atoms with Crippen molar-refractivity contribution in [2.75, 3.05) is 6.61 Å². The minimum atomic E-state index is -1.87. The van der Waals surface area contributed by atoms with E-state index >= 15 is 0 Å². The second-order valence-corrected chi connectivity index (χ2v) is 9.82. The van der Waals surface area contributed by atoms with E-state index in [1.54, 1.807) is 0 Å². The SMILES string of the molecule is CC(=O)OC[C@H]1O[C@@H](Oc2c(-c3ccc(O)c(O)c3)oc3cc(O)cc(O)c3c2=O)[C@H](OC(C)=O)[C@@H](OC(C)=O)[C@@H]1OC(C)=O. The first-order chi connectivity index (χ1) is 21.2. The molecule has 1 aliphatic rings. The predicted octanol–water partition coefficient (Wildman–Crippen LogP) is 1.74. The minimum absolute atomic E-state index is 0.0484. The average molecular weight is 633 g/mol. The number of carbonyl (C=O) groups excluding carboxylic acids is 4. The zero-order valence-electron chi connectivity index (χ0n) is 24.2. The van der Waals surface area contributed by atoms with Gasteiger partial charge in [0.1, 0.15) is 35.2 Å². The molecule has 1 aliphatic heterocycles. The van der Waals surface area contributed by atoms with Crippen LogP contribution in [0.2, 0.25) is 0 Å². The van der Waals surface area contributed by atoms with Crippen LogP contribution in [0.3, 0.4) is 0 Å². The molecule has 240 valence electrons. The van der Waals surface area contributed by atoms with Gasteiger partial charge in [0.15, 0.2) is 29.5 Å². The Labute approximate surface area is 253 Å². The Kier molecular flexibility index (Phi) is 9.37. The third kappa shape index (κ3) is 7.18. The summed E-state index contributed by atoms with van der Waals surface area (Å²) in [5, 5.41) is 40.0. The second kappa shape index (κ2) is 13.0. The molecule has 0 amide bonds. The smallest absolute Gasteiger partial charge is 0.303 e. The maximum atomic E-state index is 13.8. The molecular formula is C29H28O16. The number of aromatic hydroxyl groups is 4. The lowest BCUT2D eigenvalue weighted by Gasteiger charge is -2.43. The Hall–Kier alpha value is -5.51. The Morgan fingerprint density at radius 1 is 0.756 bits per heavy atom. The third-order valence-electron chi connectivity index (χ3n) is 6.34. The van der Waals surface area contributed by atoms with Crippen LogP contribution in [0.25, 0.3) is 22.3 Å². The van der Waals surface area contributed by atoms with Crippen LogP contribution in [0.5, 0.6) is 28.7 Å².